The summed E-state index contributed by atoms with van der Waals surface area (Å²) in [5.74, 6) is -14.3. The number of amides is 10. The summed E-state index contributed by atoms with van der Waals surface area (Å²) in [5, 5.41) is 44.8. The van der Waals surface area contributed by atoms with Crippen LogP contribution in [-0.2, 0) is 64.0 Å². The summed E-state index contributed by atoms with van der Waals surface area (Å²) in [6.45, 7) is 1.68. The summed E-state index contributed by atoms with van der Waals surface area (Å²) in [4.78, 5) is 187. The lowest BCUT2D eigenvalue weighted by Crippen LogP contribution is -2.60. The van der Waals surface area contributed by atoms with Crippen molar-refractivity contribution in [1.29, 1.82) is 0 Å². The Balaban J connectivity index is 2.12. The van der Waals surface area contributed by atoms with E-state index in [9.17, 15) is 67.7 Å². The largest absolute Gasteiger partial charge is 0.481 e. The van der Waals surface area contributed by atoms with Crippen LogP contribution in [0.25, 0.3) is 0 Å². The van der Waals surface area contributed by atoms with Gasteiger partial charge in [-0.2, -0.15) is 0 Å². The highest BCUT2D eigenvalue weighted by atomic mass is 33.1. The number of nitrogens with two attached hydrogens (primary N) is 9. The first-order chi connectivity index (χ1) is 44.9. The van der Waals surface area contributed by atoms with Gasteiger partial charge >= 0.3 is 11.9 Å². The normalized spacial score (nSPS) is 23.5. The molecule has 41 heteroatoms. The third kappa shape index (κ3) is 30.6. The molecule has 0 radical (unpaired) electrons. The van der Waals surface area contributed by atoms with Crippen LogP contribution in [0.1, 0.15) is 109 Å². The molecule has 1 aromatic rings. The number of carboxylic acids is 2. The number of nitrogens with one attached hydrogen (secondary N) is 11. The monoisotopic (exact) mass is 1380 g/mol. The fraction of sp³-hybridized carbons (Fsp3) is 0.648. The number of hydrogen-bond acceptors (Lipinski definition) is 22. The zero-order valence-corrected chi connectivity index (χ0v) is 54.7. The lowest BCUT2D eigenvalue weighted by atomic mass is 9.97. The Morgan fingerprint density at radius 2 is 1.20 bits per heavy atom. The minimum atomic E-state index is -1.91. The van der Waals surface area contributed by atoms with Crippen LogP contribution in [0.5, 0.6) is 0 Å². The van der Waals surface area contributed by atoms with Crippen molar-refractivity contribution in [1.82, 2.24) is 63.1 Å². The molecule has 0 unspecified atom stereocenters. The van der Waals surface area contributed by atoms with Crippen LogP contribution >= 0.6 is 21.6 Å². The van der Waals surface area contributed by atoms with Gasteiger partial charge in [0.15, 0.2) is 23.8 Å². The fourth-order valence-corrected chi connectivity index (χ4v) is 13.1. The highest BCUT2D eigenvalue weighted by Gasteiger charge is 2.45. The number of carbonyl (C=O) groups is 12. The minimum Gasteiger partial charge on any atom is -0.481 e. The Morgan fingerprint density at radius 3 is 1.75 bits per heavy atom. The van der Waals surface area contributed by atoms with Gasteiger partial charge in [-0.1, -0.05) is 48.3 Å². The number of rotatable bonds is 21. The first-order valence-electron chi connectivity index (χ1n) is 30.6. The molecular weight excluding hydrogens is 1290 g/mol. The number of carboxylic acid groups (broad SMARTS) is 2. The van der Waals surface area contributed by atoms with E-state index in [1.54, 1.807) is 13.8 Å². The number of H-pyrrole nitrogens is 1. The Kier molecular flexibility index (Phi) is 34.9. The lowest BCUT2D eigenvalue weighted by Gasteiger charge is -2.33. The Bertz CT molecular complexity index is 2900. The zero-order chi connectivity index (χ0) is 70.8. The average Bonchev–Trinajstić information content (AvgIpc) is 1.77. The molecule has 0 bridgehead atoms. The van der Waals surface area contributed by atoms with Gasteiger partial charge in [0.25, 0.3) is 0 Å². The molecule has 31 N–H and O–H groups in total. The second-order valence-electron chi connectivity index (χ2n) is 22.8. The van der Waals surface area contributed by atoms with Crippen molar-refractivity contribution >= 4 is 116 Å². The molecule has 2 heterocycles. The number of hydrogen-bond donors (Lipinski definition) is 22. The number of aliphatic carboxylic acids is 2. The maximum Gasteiger partial charge on any atom is 0.326 e. The molecule has 9 atom stereocenters. The van der Waals surface area contributed by atoms with Gasteiger partial charge in [0.1, 0.15) is 48.3 Å². The van der Waals surface area contributed by atoms with Gasteiger partial charge in [-0.3, -0.25) is 78.0 Å². The van der Waals surface area contributed by atoms with Gasteiger partial charge in [0.05, 0.1) is 36.6 Å². The third-order valence-corrected chi connectivity index (χ3v) is 17.8. The fourth-order valence-electron chi connectivity index (χ4n) is 9.61. The maximum absolute atomic E-state index is 14.6. The van der Waals surface area contributed by atoms with Crippen LogP contribution in [-0.4, -0.2) is 219 Å². The van der Waals surface area contributed by atoms with E-state index in [1.165, 1.54) is 12.5 Å². The van der Waals surface area contributed by atoms with Gasteiger partial charge in [0, 0.05) is 50.2 Å². The number of nitrogens with zero attached hydrogens (tertiary/aromatic N) is 5. The highest BCUT2D eigenvalue weighted by molar-refractivity contribution is 8.77. The molecule has 10 amide bonds. The molecule has 0 saturated heterocycles. The quantitative estimate of drug-likeness (QED) is 0.0235. The van der Waals surface area contributed by atoms with Crippen LogP contribution in [0.2, 0.25) is 0 Å². The van der Waals surface area contributed by atoms with Gasteiger partial charge in [0.2, 0.25) is 59.1 Å². The first-order valence-corrected chi connectivity index (χ1v) is 32.9. The average molecular weight is 1380 g/mol. The number of guanidine groups is 4. The Hall–Kier alpha value is -9.25. The molecule has 1 fully saturated rings. The Labute approximate surface area is 555 Å². The number of carbonyl (C=O) groups excluding carboxylic acids is 10. The standard InChI is InChI=1S/C54H93N25O14S2/c1-27(2)19-33-44(87)75-31(11-7-16-66-51(59)60)43(86)78-36(47(90)76-32(49(92)93)12-8-17-67-52(61)62)25-94-95-54(13-3-4-14-54)40(56)48(91)79-53(63)68-18-5-9-29(55)41(84)69-23-37(80)72-34(20-28-22-64-26-71-28)45(88)74-30(10-6-15-65-50(57)58)42(85)70-24-38(81)73-35(21-39(82)83)46(89)77-33/h22,26-27,29-36,40H,3-21,23-25,55-56H2,1-2H3,(H,64,71)(H,69,84)(H,70,85)(H,72,80)(H,73,81)(H,74,88)(H,75,87)(H,76,90)(H,77,89)(H,78,86)(H,82,83)(H,92,93)(H4,57,58,65)(H4,59,60,66)(H4,61,62,67)(H3,63,68,79,91)/t29-,30-,31-,32-,33+,34+,35-,36-,40-/m0/s1. The van der Waals surface area contributed by atoms with Crippen molar-refractivity contribution in [2.45, 2.75) is 169 Å². The van der Waals surface area contributed by atoms with Crippen molar-refractivity contribution < 1.29 is 67.7 Å². The van der Waals surface area contributed by atoms with Gasteiger partial charge in [-0.15, -0.1) is 0 Å². The molecule has 39 nitrogen and oxygen atoms in total. The lowest BCUT2D eigenvalue weighted by molar-refractivity contribution is -0.142. The predicted octanol–water partition coefficient (Wildman–Crippen LogP) is -8.08. The SMILES string of the molecule is CC(C)C[C@H]1NC(=O)[C@H](CC(=O)O)NC(=O)CNC(=O)[C@H](CCCN=C(N)N)NC(=O)[C@@H](Cc2cnc[nH]2)NC(=O)CNC(=O)[C@@H](N)CCCN=C(N)NC(=O)[C@H](N)C2(CCCC2)SSC[C@@H](C(=O)N[C@@H](CCCN=C(N)N)C(=O)O)NC(=O)[C@H](CCCN=C(N)N)NC1=O. The topological polar surface area (TPSA) is 678 Å². The number of aromatic nitrogens is 2. The summed E-state index contributed by atoms with van der Waals surface area (Å²) < 4.78 is -0.992. The van der Waals surface area contributed by atoms with Crippen LogP contribution in [0.4, 0.5) is 0 Å². The molecule has 1 saturated carbocycles. The molecule has 1 aliphatic heterocycles. The molecule has 2 aliphatic rings. The predicted molar refractivity (Wildman–Crippen MR) is 352 cm³/mol. The van der Waals surface area contributed by atoms with Gasteiger partial charge in [-0.05, 0) is 76.5 Å². The summed E-state index contributed by atoms with van der Waals surface area (Å²) in [6, 6.07) is -13.4. The third-order valence-electron chi connectivity index (χ3n) is 14.5. The summed E-state index contributed by atoms with van der Waals surface area (Å²) in [7, 11) is 2.18. The molecule has 530 valence electrons. The number of aliphatic imine (C=N–C) groups is 4. The van der Waals surface area contributed by atoms with Gasteiger partial charge in [-0.25, -0.2) is 9.78 Å². The van der Waals surface area contributed by atoms with Crippen molar-refractivity contribution in [3.63, 3.8) is 0 Å². The van der Waals surface area contributed by atoms with Crippen LogP contribution in [0, 0.1) is 5.92 Å². The summed E-state index contributed by atoms with van der Waals surface area (Å²) in [5.41, 5.74) is 52.3. The zero-order valence-electron chi connectivity index (χ0n) is 53.0. The van der Waals surface area contributed by atoms with Crippen molar-refractivity contribution in [2.75, 3.05) is 45.0 Å². The molecule has 3 rings (SSSR count). The molecule has 1 spiro atoms. The van der Waals surface area contributed by atoms with E-state index in [-0.39, 0.29) is 126 Å². The molecular formula is C54H93N25O14S2. The summed E-state index contributed by atoms with van der Waals surface area (Å²) >= 11 is 0. The maximum atomic E-state index is 14.6. The van der Waals surface area contributed by atoms with E-state index in [0.717, 1.165) is 21.6 Å². The van der Waals surface area contributed by atoms with Gasteiger partial charge < -0.3 is 115 Å². The van der Waals surface area contributed by atoms with E-state index < -0.39 is 150 Å². The minimum absolute atomic E-state index is 0.0121. The molecule has 1 aliphatic carbocycles. The van der Waals surface area contributed by atoms with E-state index in [2.05, 4.69) is 83.1 Å². The summed E-state index contributed by atoms with van der Waals surface area (Å²) in [6.07, 6.45) is 3.22. The van der Waals surface area contributed by atoms with Crippen LogP contribution in [0.3, 0.4) is 0 Å². The highest BCUT2D eigenvalue weighted by Crippen LogP contribution is 2.49. The smallest absolute Gasteiger partial charge is 0.326 e. The second-order valence-corrected chi connectivity index (χ2v) is 25.6. The van der Waals surface area contributed by atoms with Crippen molar-refractivity contribution in [2.24, 2.45) is 77.5 Å². The first kappa shape index (κ1) is 80.0. The van der Waals surface area contributed by atoms with E-state index >= 15 is 0 Å². The number of imidazole rings is 1. The van der Waals surface area contributed by atoms with Crippen molar-refractivity contribution in [3.8, 4) is 0 Å². The number of aromatic amines is 1. The van der Waals surface area contributed by atoms with Crippen molar-refractivity contribution in [3.05, 3.63) is 18.2 Å². The molecule has 0 aromatic carbocycles. The molecule has 1 aromatic heterocycles. The van der Waals surface area contributed by atoms with Crippen LogP contribution < -0.4 is 105 Å². The van der Waals surface area contributed by atoms with Crippen LogP contribution in [0.15, 0.2) is 32.5 Å². The molecule has 95 heavy (non-hydrogen) atoms. The van der Waals surface area contributed by atoms with E-state index in [1.807, 2.05) is 0 Å². The van der Waals surface area contributed by atoms with E-state index in [0.29, 0.717) is 31.4 Å². The van der Waals surface area contributed by atoms with E-state index in [4.69, 9.17) is 51.6 Å². The Morgan fingerprint density at radius 1 is 0.674 bits per heavy atom. The second kappa shape index (κ2) is 41.5.